The van der Waals surface area contributed by atoms with E-state index in [-0.39, 0.29) is 0 Å². The molecule has 2 atom stereocenters. The molecule has 0 amide bonds. The van der Waals surface area contributed by atoms with E-state index in [0.717, 1.165) is 0 Å². The molecule has 90 valence electrons. The first-order valence-corrected chi connectivity index (χ1v) is 6.43. The van der Waals surface area contributed by atoms with Crippen LogP contribution in [0.2, 0.25) is 0 Å². The SMILES string of the molecule is CCCCC(CC)N[C@@H](C)c1ccncc1. The number of nitrogens with one attached hydrogen (secondary N) is 1. The van der Waals surface area contributed by atoms with Gasteiger partial charge >= 0.3 is 0 Å². The number of rotatable bonds is 7. The van der Waals surface area contributed by atoms with Crippen molar-refractivity contribution in [3.8, 4) is 0 Å². The van der Waals surface area contributed by atoms with E-state index in [1.807, 2.05) is 12.4 Å². The lowest BCUT2D eigenvalue weighted by Gasteiger charge is -2.22. The van der Waals surface area contributed by atoms with Gasteiger partial charge in [-0.2, -0.15) is 0 Å². The molecule has 1 aromatic heterocycles. The van der Waals surface area contributed by atoms with Gasteiger partial charge in [-0.3, -0.25) is 4.98 Å². The van der Waals surface area contributed by atoms with Crippen LogP contribution in [0, 0.1) is 0 Å². The smallest absolute Gasteiger partial charge is 0.0295 e. The molecule has 0 aliphatic rings. The van der Waals surface area contributed by atoms with Crippen LogP contribution in [0.4, 0.5) is 0 Å². The van der Waals surface area contributed by atoms with E-state index in [4.69, 9.17) is 0 Å². The highest BCUT2D eigenvalue weighted by atomic mass is 14.9. The van der Waals surface area contributed by atoms with Crippen LogP contribution in [-0.2, 0) is 0 Å². The lowest BCUT2D eigenvalue weighted by Crippen LogP contribution is -2.30. The van der Waals surface area contributed by atoms with Gasteiger partial charge in [0.2, 0.25) is 0 Å². The highest BCUT2D eigenvalue weighted by molar-refractivity contribution is 5.14. The first-order valence-electron chi connectivity index (χ1n) is 6.43. The van der Waals surface area contributed by atoms with Crippen LogP contribution in [0.1, 0.15) is 58.1 Å². The van der Waals surface area contributed by atoms with Gasteiger partial charge in [-0.25, -0.2) is 0 Å². The van der Waals surface area contributed by atoms with Gasteiger partial charge in [0.25, 0.3) is 0 Å². The van der Waals surface area contributed by atoms with E-state index in [0.29, 0.717) is 12.1 Å². The standard InChI is InChI=1S/C14H24N2/c1-4-6-7-14(5-2)16-12(3)13-8-10-15-11-9-13/h8-12,14,16H,4-7H2,1-3H3/t12-,14?/m0/s1. The minimum absolute atomic E-state index is 0.421. The van der Waals surface area contributed by atoms with E-state index in [1.165, 1.54) is 31.2 Å². The predicted octanol–water partition coefficient (Wildman–Crippen LogP) is 3.70. The van der Waals surface area contributed by atoms with Crippen LogP contribution in [0.25, 0.3) is 0 Å². The summed E-state index contributed by atoms with van der Waals surface area (Å²) in [7, 11) is 0. The van der Waals surface area contributed by atoms with E-state index in [2.05, 4.69) is 43.2 Å². The molecular weight excluding hydrogens is 196 g/mol. The second-order valence-corrected chi connectivity index (χ2v) is 4.42. The number of nitrogens with zero attached hydrogens (tertiary/aromatic N) is 1. The minimum Gasteiger partial charge on any atom is -0.307 e. The highest BCUT2D eigenvalue weighted by Crippen LogP contribution is 2.14. The molecule has 0 saturated carbocycles. The Balaban J connectivity index is 2.45. The minimum atomic E-state index is 0.421. The Hall–Kier alpha value is -0.890. The summed E-state index contributed by atoms with van der Waals surface area (Å²) >= 11 is 0. The number of unbranched alkanes of at least 4 members (excludes halogenated alkanes) is 1. The molecule has 0 saturated heterocycles. The summed E-state index contributed by atoms with van der Waals surface area (Å²) in [6, 6.07) is 5.24. The van der Waals surface area contributed by atoms with Gasteiger partial charge in [0.15, 0.2) is 0 Å². The molecule has 1 rings (SSSR count). The summed E-state index contributed by atoms with van der Waals surface area (Å²) in [6.07, 6.45) is 8.80. The Morgan fingerprint density at radius 2 is 1.94 bits per heavy atom. The van der Waals surface area contributed by atoms with E-state index >= 15 is 0 Å². The van der Waals surface area contributed by atoms with Gasteiger partial charge < -0.3 is 5.32 Å². The third-order valence-electron chi connectivity index (χ3n) is 3.09. The van der Waals surface area contributed by atoms with Crippen LogP contribution in [0.5, 0.6) is 0 Å². The Labute approximate surface area is 99.5 Å². The van der Waals surface area contributed by atoms with Crippen molar-refractivity contribution < 1.29 is 0 Å². The molecule has 0 fully saturated rings. The second kappa shape index (κ2) is 7.39. The Morgan fingerprint density at radius 3 is 2.50 bits per heavy atom. The maximum Gasteiger partial charge on any atom is 0.0295 e. The number of hydrogen-bond donors (Lipinski definition) is 1. The molecule has 0 radical (unpaired) electrons. The fraction of sp³-hybridized carbons (Fsp3) is 0.643. The molecule has 1 heterocycles. The fourth-order valence-corrected chi connectivity index (χ4v) is 1.96. The van der Waals surface area contributed by atoms with Gasteiger partial charge in [0, 0.05) is 24.5 Å². The van der Waals surface area contributed by atoms with Crippen molar-refractivity contribution in [3.05, 3.63) is 30.1 Å². The average molecular weight is 220 g/mol. The zero-order valence-corrected chi connectivity index (χ0v) is 10.7. The third kappa shape index (κ3) is 4.31. The number of hydrogen-bond acceptors (Lipinski definition) is 2. The summed E-state index contributed by atoms with van der Waals surface area (Å²) in [5, 5.41) is 3.69. The van der Waals surface area contributed by atoms with Crippen molar-refractivity contribution in [1.82, 2.24) is 10.3 Å². The molecule has 0 aliphatic carbocycles. The Bertz CT molecular complexity index is 271. The van der Waals surface area contributed by atoms with Crippen LogP contribution in [-0.4, -0.2) is 11.0 Å². The summed E-state index contributed by atoms with van der Waals surface area (Å²) in [5.74, 6) is 0. The summed E-state index contributed by atoms with van der Waals surface area (Å²) in [4.78, 5) is 4.05. The Kier molecular flexibility index (Phi) is 6.09. The highest BCUT2D eigenvalue weighted by Gasteiger charge is 2.10. The average Bonchev–Trinajstić information content (AvgIpc) is 2.35. The lowest BCUT2D eigenvalue weighted by atomic mass is 10.0. The quantitative estimate of drug-likeness (QED) is 0.758. The van der Waals surface area contributed by atoms with Crippen molar-refractivity contribution in [3.63, 3.8) is 0 Å². The van der Waals surface area contributed by atoms with Crippen LogP contribution in [0.3, 0.4) is 0 Å². The van der Waals surface area contributed by atoms with Gasteiger partial charge in [0.1, 0.15) is 0 Å². The van der Waals surface area contributed by atoms with Crippen molar-refractivity contribution in [2.24, 2.45) is 0 Å². The molecule has 16 heavy (non-hydrogen) atoms. The zero-order chi connectivity index (χ0) is 11.8. The second-order valence-electron chi connectivity index (χ2n) is 4.42. The normalized spacial score (nSPS) is 14.7. The molecule has 1 aromatic rings. The maximum absolute atomic E-state index is 4.05. The van der Waals surface area contributed by atoms with E-state index in [1.54, 1.807) is 0 Å². The topological polar surface area (TPSA) is 24.9 Å². The van der Waals surface area contributed by atoms with Crippen LogP contribution in [0.15, 0.2) is 24.5 Å². The number of pyridine rings is 1. The van der Waals surface area contributed by atoms with Gasteiger partial charge in [0.05, 0.1) is 0 Å². The van der Waals surface area contributed by atoms with Gasteiger partial charge in [-0.1, -0.05) is 26.7 Å². The maximum atomic E-state index is 4.05. The van der Waals surface area contributed by atoms with Crippen LogP contribution >= 0.6 is 0 Å². The van der Waals surface area contributed by atoms with Crippen molar-refractivity contribution >= 4 is 0 Å². The van der Waals surface area contributed by atoms with Gasteiger partial charge in [-0.15, -0.1) is 0 Å². The zero-order valence-electron chi connectivity index (χ0n) is 10.7. The molecule has 1 unspecified atom stereocenters. The summed E-state index contributed by atoms with van der Waals surface area (Å²) < 4.78 is 0. The third-order valence-corrected chi connectivity index (χ3v) is 3.09. The molecule has 1 N–H and O–H groups in total. The molecule has 2 heteroatoms. The molecule has 0 aromatic carbocycles. The fourth-order valence-electron chi connectivity index (χ4n) is 1.96. The monoisotopic (exact) mass is 220 g/mol. The summed E-state index contributed by atoms with van der Waals surface area (Å²) in [5.41, 5.74) is 1.32. The lowest BCUT2D eigenvalue weighted by molar-refractivity contribution is 0.410. The van der Waals surface area contributed by atoms with Gasteiger partial charge in [-0.05, 0) is 37.5 Å². The first-order chi connectivity index (χ1) is 7.77. The molecular formula is C14H24N2. The van der Waals surface area contributed by atoms with Crippen LogP contribution < -0.4 is 5.32 Å². The molecule has 0 aliphatic heterocycles. The number of aromatic nitrogens is 1. The van der Waals surface area contributed by atoms with Crippen molar-refractivity contribution in [2.75, 3.05) is 0 Å². The van der Waals surface area contributed by atoms with Crippen molar-refractivity contribution in [2.45, 2.75) is 58.5 Å². The van der Waals surface area contributed by atoms with E-state index in [9.17, 15) is 0 Å². The molecule has 0 spiro atoms. The van der Waals surface area contributed by atoms with Crippen molar-refractivity contribution in [1.29, 1.82) is 0 Å². The first kappa shape index (κ1) is 13.2. The summed E-state index contributed by atoms with van der Waals surface area (Å²) in [6.45, 7) is 6.73. The van der Waals surface area contributed by atoms with E-state index < -0.39 is 0 Å². The molecule has 0 bridgehead atoms. The predicted molar refractivity (Wildman–Crippen MR) is 69.4 cm³/mol. The largest absolute Gasteiger partial charge is 0.307 e. The Morgan fingerprint density at radius 1 is 1.25 bits per heavy atom. The molecule has 2 nitrogen and oxygen atoms in total.